The molecule has 56 valence electrons. The predicted octanol–water partition coefficient (Wildman–Crippen LogP) is 2.77. The van der Waals surface area contributed by atoms with Crippen molar-refractivity contribution in [3.8, 4) is 0 Å². The molecular weight excluding hydrogens is 172 g/mol. The first-order valence-corrected chi connectivity index (χ1v) is 3.82. The standard InChI is InChI=1S/C11H10.Ca/c1-9-5-4-7-10-6-2-3-8-11(9)10;/h2-8H,1H3;. The zero-order valence-electron chi connectivity index (χ0n) is 7.25. The largest absolute Gasteiger partial charge is 0.0616 e. The van der Waals surface area contributed by atoms with E-state index in [1.54, 1.807) is 0 Å². The Kier molecular flexibility index (Phi) is 3.57. The Morgan fingerprint density at radius 1 is 0.833 bits per heavy atom. The molecule has 0 nitrogen and oxygen atoms in total. The summed E-state index contributed by atoms with van der Waals surface area (Å²) in [7, 11) is 0. The molecule has 1 heteroatoms. The monoisotopic (exact) mass is 182 g/mol. The van der Waals surface area contributed by atoms with Gasteiger partial charge in [0.1, 0.15) is 0 Å². The first-order valence-electron chi connectivity index (χ1n) is 3.82. The van der Waals surface area contributed by atoms with Crippen LogP contribution in [0.15, 0.2) is 42.5 Å². The van der Waals surface area contributed by atoms with Gasteiger partial charge in [-0.05, 0) is 23.3 Å². The Labute approximate surface area is 103 Å². The molecule has 0 saturated heterocycles. The number of fused-ring (bicyclic) bond motifs is 1. The molecule has 2 aromatic carbocycles. The summed E-state index contributed by atoms with van der Waals surface area (Å²) in [6.07, 6.45) is 0. The van der Waals surface area contributed by atoms with Crippen LogP contribution in [0.5, 0.6) is 0 Å². The Bertz CT molecular complexity index is 374. The molecule has 2 radical (unpaired) electrons. The smallest absolute Gasteiger partial charge is 0 e. The van der Waals surface area contributed by atoms with Crippen molar-refractivity contribution in [3.05, 3.63) is 48.0 Å². The number of rotatable bonds is 0. The summed E-state index contributed by atoms with van der Waals surface area (Å²) in [6.45, 7) is 2.14. The molecule has 0 unspecified atom stereocenters. The summed E-state index contributed by atoms with van der Waals surface area (Å²) < 4.78 is 0. The van der Waals surface area contributed by atoms with Gasteiger partial charge >= 0.3 is 0 Å². The fraction of sp³-hybridized carbons (Fsp3) is 0.0909. The van der Waals surface area contributed by atoms with Gasteiger partial charge in [-0.15, -0.1) is 0 Å². The summed E-state index contributed by atoms with van der Waals surface area (Å²) in [5.74, 6) is 0. The maximum atomic E-state index is 2.16. The minimum absolute atomic E-state index is 0. The van der Waals surface area contributed by atoms with Crippen molar-refractivity contribution >= 4 is 48.5 Å². The number of benzene rings is 2. The maximum absolute atomic E-state index is 2.16. The van der Waals surface area contributed by atoms with Crippen LogP contribution >= 0.6 is 0 Å². The van der Waals surface area contributed by atoms with Gasteiger partial charge < -0.3 is 0 Å². The SMILES string of the molecule is Cc1cccc2ccccc12.[Ca]. The molecule has 0 spiro atoms. The first-order chi connectivity index (χ1) is 5.38. The fourth-order valence-electron chi connectivity index (χ4n) is 1.39. The minimum atomic E-state index is 0. The average molecular weight is 182 g/mol. The molecule has 0 saturated carbocycles. The van der Waals surface area contributed by atoms with Crippen molar-refractivity contribution in [2.45, 2.75) is 6.92 Å². The van der Waals surface area contributed by atoms with E-state index in [1.807, 2.05) is 0 Å². The van der Waals surface area contributed by atoms with E-state index in [-0.39, 0.29) is 37.7 Å². The zero-order chi connectivity index (χ0) is 7.68. The van der Waals surface area contributed by atoms with Crippen molar-refractivity contribution in [1.29, 1.82) is 0 Å². The average Bonchev–Trinajstić information content (AvgIpc) is 2.06. The summed E-state index contributed by atoms with van der Waals surface area (Å²) in [6, 6.07) is 14.8. The van der Waals surface area contributed by atoms with Crippen molar-refractivity contribution in [2.75, 3.05) is 0 Å². The molecule has 0 aliphatic heterocycles. The van der Waals surface area contributed by atoms with E-state index >= 15 is 0 Å². The van der Waals surface area contributed by atoms with Crippen LogP contribution in [-0.4, -0.2) is 37.7 Å². The van der Waals surface area contributed by atoms with Crippen LogP contribution in [0, 0.1) is 6.92 Å². The topological polar surface area (TPSA) is 0 Å². The van der Waals surface area contributed by atoms with Gasteiger partial charge in [0.05, 0.1) is 0 Å². The zero-order valence-corrected chi connectivity index (χ0v) is 9.46. The second-order valence-corrected chi connectivity index (χ2v) is 2.80. The molecule has 2 aromatic rings. The third-order valence-corrected chi connectivity index (χ3v) is 2.01. The van der Waals surface area contributed by atoms with Gasteiger partial charge in [0.2, 0.25) is 0 Å². The molecule has 0 heterocycles. The third-order valence-electron chi connectivity index (χ3n) is 2.01. The van der Waals surface area contributed by atoms with E-state index in [0.717, 1.165) is 0 Å². The van der Waals surface area contributed by atoms with Gasteiger partial charge in [0.15, 0.2) is 0 Å². The molecule has 0 aliphatic carbocycles. The third kappa shape index (κ3) is 1.82. The van der Waals surface area contributed by atoms with Crippen molar-refractivity contribution < 1.29 is 0 Å². The van der Waals surface area contributed by atoms with E-state index in [1.165, 1.54) is 16.3 Å². The molecular formula is C11H10Ca. The fourth-order valence-corrected chi connectivity index (χ4v) is 1.39. The summed E-state index contributed by atoms with van der Waals surface area (Å²) >= 11 is 0. The van der Waals surface area contributed by atoms with Gasteiger partial charge in [0, 0.05) is 37.7 Å². The van der Waals surface area contributed by atoms with Gasteiger partial charge in [-0.2, -0.15) is 0 Å². The quantitative estimate of drug-likeness (QED) is 0.550. The summed E-state index contributed by atoms with van der Waals surface area (Å²) in [5.41, 5.74) is 1.35. The minimum Gasteiger partial charge on any atom is -0.0616 e. The first kappa shape index (κ1) is 10.0. The van der Waals surface area contributed by atoms with E-state index in [0.29, 0.717) is 0 Å². The molecule has 0 N–H and O–H groups in total. The second kappa shape index (κ2) is 4.27. The Morgan fingerprint density at radius 2 is 1.50 bits per heavy atom. The van der Waals surface area contributed by atoms with Crippen molar-refractivity contribution in [3.63, 3.8) is 0 Å². The molecule has 0 aromatic heterocycles. The van der Waals surface area contributed by atoms with Crippen LogP contribution in [0.2, 0.25) is 0 Å². The van der Waals surface area contributed by atoms with Crippen LogP contribution < -0.4 is 0 Å². The van der Waals surface area contributed by atoms with Crippen LogP contribution in [0.1, 0.15) is 5.56 Å². The predicted molar refractivity (Wildman–Crippen MR) is 54.4 cm³/mol. The van der Waals surface area contributed by atoms with Crippen LogP contribution in [-0.2, 0) is 0 Å². The van der Waals surface area contributed by atoms with Gasteiger partial charge in [-0.1, -0.05) is 42.5 Å². The molecule has 2 rings (SSSR count). The maximum Gasteiger partial charge on any atom is 0 e. The molecule has 0 amide bonds. The van der Waals surface area contributed by atoms with Crippen LogP contribution in [0.3, 0.4) is 0 Å². The van der Waals surface area contributed by atoms with Crippen LogP contribution in [0.25, 0.3) is 10.8 Å². The molecule has 12 heavy (non-hydrogen) atoms. The molecule has 0 aliphatic rings. The van der Waals surface area contributed by atoms with E-state index in [4.69, 9.17) is 0 Å². The summed E-state index contributed by atoms with van der Waals surface area (Å²) in [5, 5.41) is 2.68. The van der Waals surface area contributed by atoms with Crippen molar-refractivity contribution in [1.82, 2.24) is 0 Å². The van der Waals surface area contributed by atoms with E-state index in [2.05, 4.69) is 49.4 Å². The number of hydrogen-bond acceptors (Lipinski definition) is 0. The van der Waals surface area contributed by atoms with E-state index in [9.17, 15) is 0 Å². The Hall–Kier alpha value is -0.0403. The van der Waals surface area contributed by atoms with Crippen molar-refractivity contribution in [2.24, 2.45) is 0 Å². The van der Waals surface area contributed by atoms with Gasteiger partial charge in [-0.3, -0.25) is 0 Å². The molecule has 0 fully saturated rings. The summed E-state index contributed by atoms with van der Waals surface area (Å²) in [4.78, 5) is 0. The van der Waals surface area contributed by atoms with Gasteiger partial charge in [0.25, 0.3) is 0 Å². The van der Waals surface area contributed by atoms with E-state index < -0.39 is 0 Å². The number of aryl methyl sites for hydroxylation is 1. The van der Waals surface area contributed by atoms with Gasteiger partial charge in [-0.25, -0.2) is 0 Å². The molecule has 0 atom stereocenters. The van der Waals surface area contributed by atoms with Crippen LogP contribution in [0.4, 0.5) is 0 Å². The number of hydrogen-bond donors (Lipinski definition) is 0. The Morgan fingerprint density at radius 3 is 2.25 bits per heavy atom. The normalized spacial score (nSPS) is 9.42. The second-order valence-electron chi connectivity index (χ2n) is 2.80. The molecule has 0 bridgehead atoms. The Balaban J connectivity index is 0.000000720.